The molecular weight excluding hydrogens is 326 g/mol. The number of ether oxygens (including phenoxy) is 1. The zero-order valence-corrected chi connectivity index (χ0v) is 13.3. The molecule has 0 spiro atoms. The first-order valence-electron chi connectivity index (χ1n) is 6.58. The first-order chi connectivity index (χ1) is 11.1. The van der Waals surface area contributed by atoms with Crippen LogP contribution in [0.25, 0.3) is 0 Å². The summed E-state index contributed by atoms with van der Waals surface area (Å²) in [5.41, 5.74) is 0. The Balaban J connectivity index is 3.44. The molecule has 0 bridgehead atoms. The van der Waals surface area contributed by atoms with E-state index in [-0.39, 0.29) is 5.76 Å². The van der Waals surface area contributed by atoms with Crippen LogP contribution in [0.5, 0.6) is 0 Å². The number of rotatable bonds is 4. The van der Waals surface area contributed by atoms with E-state index in [0.29, 0.717) is 10.0 Å². The molecule has 11 heteroatoms. The summed E-state index contributed by atoms with van der Waals surface area (Å²) in [7, 11) is 0. The van der Waals surface area contributed by atoms with Gasteiger partial charge >= 0.3 is 11.9 Å². The van der Waals surface area contributed by atoms with Crippen LogP contribution in [0, 0.1) is 10.1 Å². The van der Waals surface area contributed by atoms with Crippen LogP contribution in [-0.2, 0) is 23.9 Å². The number of carbonyl (C=O) groups excluding carboxylic acids is 4. The largest absolute Gasteiger partial charge is 0.433 e. The third-order valence-electron chi connectivity index (χ3n) is 2.67. The fraction of sp³-hybridized carbons (Fsp3) is 0.385. The fourth-order valence-electron chi connectivity index (χ4n) is 1.89. The minimum atomic E-state index is -1.67. The molecule has 0 aliphatic heterocycles. The summed E-state index contributed by atoms with van der Waals surface area (Å²) >= 11 is 0. The van der Waals surface area contributed by atoms with Crippen LogP contribution in [0.1, 0.15) is 39.7 Å². The normalized spacial score (nSPS) is 11.3. The molecule has 1 atom stereocenters. The van der Waals surface area contributed by atoms with E-state index < -0.39 is 40.7 Å². The highest BCUT2D eigenvalue weighted by Gasteiger charge is 2.37. The molecule has 1 aromatic rings. The summed E-state index contributed by atoms with van der Waals surface area (Å²) in [6.45, 7) is 4.08. The van der Waals surface area contributed by atoms with Crippen molar-refractivity contribution in [3.8, 4) is 0 Å². The predicted octanol–water partition coefficient (Wildman–Crippen LogP) is 0.908. The molecule has 1 rings (SSSR count). The van der Waals surface area contributed by atoms with Gasteiger partial charge in [0.25, 0.3) is 6.23 Å². The van der Waals surface area contributed by atoms with E-state index in [2.05, 4.69) is 0 Å². The highest BCUT2D eigenvalue weighted by atomic mass is 16.7. The quantitative estimate of drug-likeness (QED) is 0.340. The second kappa shape index (κ2) is 7.35. The molecule has 1 unspecified atom stereocenters. The van der Waals surface area contributed by atoms with Crippen LogP contribution in [-0.4, -0.2) is 38.6 Å². The lowest BCUT2D eigenvalue weighted by Gasteiger charge is -2.35. The monoisotopic (exact) mass is 341 g/mol. The molecule has 0 saturated heterocycles. The molecule has 0 N–H and O–H groups in total. The Kier molecular flexibility index (Phi) is 5.76. The molecule has 1 aromatic heterocycles. The number of nitro groups is 1. The number of hydrogen-bond acceptors (Lipinski definition) is 8. The summed E-state index contributed by atoms with van der Waals surface area (Å²) in [4.78, 5) is 56.6. The van der Waals surface area contributed by atoms with Gasteiger partial charge in [0.15, 0.2) is 5.76 Å². The van der Waals surface area contributed by atoms with Crippen molar-refractivity contribution in [1.29, 1.82) is 0 Å². The van der Waals surface area contributed by atoms with Crippen molar-refractivity contribution in [3.05, 3.63) is 28.0 Å². The average Bonchev–Trinajstić information content (AvgIpc) is 2.90. The third kappa shape index (κ3) is 4.15. The van der Waals surface area contributed by atoms with Crippen LogP contribution >= 0.6 is 0 Å². The highest BCUT2D eigenvalue weighted by Crippen LogP contribution is 2.29. The first-order valence-corrected chi connectivity index (χ1v) is 6.58. The number of amides is 3. The van der Waals surface area contributed by atoms with Crippen LogP contribution < -0.4 is 0 Å². The maximum Gasteiger partial charge on any atom is 0.433 e. The number of nitrogens with zero attached hydrogens (tertiary/aromatic N) is 3. The topological polar surface area (TPSA) is 140 Å². The van der Waals surface area contributed by atoms with Gasteiger partial charge in [-0.3, -0.25) is 29.3 Å². The lowest BCUT2D eigenvalue weighted by atomic mass is 10.3. The number of furan rings is 1. The summed E-state index contributed by atoms with van der Waals surface area (Å²) in [6, 6.07) is 2.08. The maximum atomic E-state index is 11.9. The Labute approximate surface area is 135 Å². The second-order valence-corrected chi connectivity index (χ2v) is 4.61. The highest BCUT2D eigenvalue weighted by molar-refractivity contribution is 5.95. The van der Waals surface area contributed by atoms with Crippen molar-refractivity contribution in [2.75, 3.05) is 0 Å². The Morgan fingerprint density at radius 2 is 1.62 bits per heavy atom. The summed E-state index contributed by atoms with van der Waals surface area (Å²) in [5, 5.41) is 11.7. The Bertz CT molecular complexity index is 681. The number of hydrazine groups is 1. The van der Waals surface area contributed by atoms with E-state index in [0.717, 1.165) is 39.8 Å². The van der Waals surface area contributed by atoms with Gasteiger partial charge in [0.05, 0.1) is 6.07 Å². The maximum absolute atomic E-state index is 11.9. The number of imide groups is 1. The molecule has 130 valence electrons. The number of hydrogen-bond donors (Lipinski definition) is 0. The Morgan fingerprint density at radius 3 is 1.96 bits per heavy atom. The number of esters is 1. The van der Waals surface area contributed by atoms with E-state index in [1.54, 1.807) is 0 Å². The molecule has 0 saturated carbocycles. The molecule has 3 amide bonds. The van der Waals surface area contributed by atoms with Gasteiger partial charge < -0.3 is 9.15 Å². The van der Waals surface area contributed by atoms with E-state index >= 15 is 0 Å². The lowest BCUT2D eigenvalue weighted by molar-refractivity contribution is -0.402. The van der Waals surface area contributed by atoms with Gasteiger partial charge in [-0.1, -0.05) is 0 Å². The lowest BCUT2D eigenvalue weighted by Crippen LogP contribution is -2.52. The second-order valence-electron chi connectivity index (χ2n) is 4.61. The molecular formula is C13H15N3O8. The van der Waals surface area contributed by atoms with E-state index in [4.69, 9.17) is 9.15 Å². The molecule has 0 fully saturated rings. The zero-order chi connectivity index (χ0) is 18.6. The molecule has 11 nitrogen and oxygen atoms in total. The van der Waals surface area contributed by atoms with E-state index in [9.17, 15) is 29.3 Å². The van der Waals surface area contributed by atoms with E-state index in [1.165, 1.54) is 0 Å². The standard InChI is InChI=1S/C13H15N3O8/c1-7(17)14(8(2)18)15(9(3)19)13(23-10(4)20)11-5-6-12(24-11)16(21)22/h5-6,13H,1-4H3. The van der Waals surface area contributed by atoms with Crippen molar-refractivity contribution >= 4 is 29.6 Å². The molecule has 1 heterocycles. The fourth-order valence-corrected chi connectivity index (χ4v) is 1.89. The van der Waals surface area contributed by atoms with Gasteiger partial charge in [-0.25, -0.2) is 0 Å². The first kappa shape index (κ1) is 18.8. The molecule has 0 aliphatic rings. The van der Waals surface area contributed by atoms with Crippen molar-refractivity contribution in [2.45, 2.75) is 33.9 Å². The minimum absolute atomic E-state index is 0.306. The van der Waals surface area contributed by atoms with Gasteiger partial charge in [-0.05, 0) is 6.07 Å². The average molecular weight is 341 g/mol. The van der Waals surface area contributed by atoms with Crippen molar-refractivity contribution in [2.24, 2.45) is 0 Å². The van der Waals surface area contributed by atoms with Gasteiger partial charge in [0.2, 0.25) is 17.7 Å². The molecule has 0 aliphatic carbocycles. The van der Waals surface area contributed by atoms with E-state index in [1.807, 2.05) is 0 Å². The zero-order valence-electron chi connectivity index (χ0n) is 13.3. The van der Waals surface area contributed by atoms with Gasteiger partial charge in [0.1, 0.15) is 4.92 Å². The Hall–Kier alpha value is -3.24. The number of carbonyl (C=O) groups is 4. The molecule has 0 radical (unpaired) electrons. The van der Waals surface area contributed by atoms with Gasteiger partial charge in [-0.2, -0.15) is 10.0 Å². The molecule has 0 aromatic carbocycles. The van der Waals surface area contributed by atoms with Crippen molar-refractivity contribution in [3.63, 3.8) is 0 Å². The van der Waals surface area contributed by atoms with Gasteiger partial charge in [-0.15, -0.1) is 0 Å². The minimum Gasteiger partial charge on any atom is -0.432 e. The Morgan fingerprint density at radius 1 is 1.08 bits per heavy atom. The van der Waals surface area contributed by atoms with Crippen LogP contribution in [0.2, 0.25) is 0 Å². The predicted molar refractivity (Wildman–Crippen MR) is 75.6 cm³/mol. The van der Waals surface area contributed by atoms with Crippen molar-refractivity contribution in [1.82, 2.24) is 10.0 Å². The van der Waals surface area contributed by atoms with Crippen molar-refractivity contribution < 1.29 is 33.3 Å². The SMILES string of the molecule is CC(=O)OC(c1ccc([N+](=O)[O-])o1)N(C(C)=O)N(C(C)=O)C(C)=O. The molecule has 24 heavy (non-hydrogen) atoms. The van der Waals surface area contributed by atoms with Crippen LogP contribution in [0.4, 0.5) is 5.88 Å². The van der Waals surface area contributed by atoms with Gasteiger partial charge in [0, 0.05) is 27.7 Å². The summed E-state index contributed by atoms with van der Waals surface area (Å²) in [5.74, 6) is -4.31. The third-order valence-corrected chi connectivity index (χ3v) is 2.67. The summed E-state index contributed by atoms with van der Waals surface area (Å²) < 4.78 is 9.87. The van der Waals surface area contributed by atoms with Crippen LogP contribution in [0.15, 0.2) is 16.5 Å². The van der Waals surface area contributed by atoms with Crippen LogP contribution in [0.3, 0.4) is 0 Å². The smallest absolute Gasteiger partial charge is 0.432 e. The summed E-state index contributed by atoms with van der Waals surface area (Å²) in [6.07, 6.45) is -1.67.